The third-order valence-electron chi connectivity index (χ3n) is 2.61. The zero-order valence-corrected chi connectivity index (χ0v) is 11.8. The molecule has 0 aliphatic carbocycles. The summed E-state index contributed by atoms with van der Waals surface area (Å²) in [5, 5.41) is 0.580. The maximum Gasteiger partial charge on any atom is 0.213 e. The van der Waals surface area contributed by atoms with Crippen molar-refractivity contribution in [3.63, 3.8) is 0 Å². The highest BCUT2D eigenvalue weighted by atomic mass is 35.5. The van der Waals surface area contributed by atoms with Crippen molar-refractivity contribution in [2.75, 3.05) is 26.2 Å². The molecule has 1 aromatic rings. The van der Waals surface area contributed by atoms with E-state index < -0.39 is 0 Å². The monoisotopic (exact) mass is 276 g/mol. The lowest BCUT2D eigenvalue weighted by Crippen LogP contribution is -2.28. The first kappa shape index (κ1) is 14.6. The molecule has 0 fully saturated rings. The number of ether oxygens (including phenoxy) is 1. The van der Waals surface area contributed by atoms with Gasteiger partial charge in [0.15, 0.2) is 0 Å². The van der Waals surface area contributed by atoms with Gasteiger partial charge in [-0.2, -0.15) is 0 Å². The highest BCUT2D eigenvalue weighted by molar-refractivity contribution is 6.32. The van der Waals surface area contributed by atoms with Gasteiger partial charge in [0.2, 0.25) is 5.88 Å². The minimum absolute atomic E-state index is 0.369. The number of likely N-dealkylation sites (N-methyl/N-ethyl adjacent to an activating group) is 1. The number of hydrogen-bond acceptors (Lipinski definition) is 3. The van der Waals surface area contributed by atoms with Gasteiger partial charge in [-0.05, 0) is 18.7 Å². The Morgan fingerprint density at radius 2 is 2.06 bits per heavy atom. The van der Waals surface area contributed by atoms with Gasteiger partial charge in [-0.15, -0.1) is 11.6 Å². The molecule has 0 N–H and O–H groups in total. The summed E-state index contributed by atoms with van der Waals surface area (Å²) < 4.78 is 5.57. The molecule has 17 heavy (non-hydrogen) atoms. The fraction of sp³-hybridized carbons (Fsp3) is 0.583. The van der Waals surface area contributed by atoms with Gasteiger partial charge >= 0.3 is 0 Å². The molecule has 0 aliphatic heterocycles. The molecular formula is C12H18Cl2N2O. The largest absolute Gasteiger partial charge is 0.476 e. The van der Waals surface area contributed by atoms with Crippen LogP contribution in [0.1, 0.15) is 19.4 Å². The summed E-state index contributed by atoms with van der Waals surface area (Å²) in [5.74, 6) is 0.950. The minimum Gasteiger partial charge on any atom is -0.476 e. The maximum atomic E-state index is 5.91. The van der Waals surface area contributed by atoms with E-state index in [-0.39, 0.29) is 0 Å². The van der Waals surface area contributed by atoms with Crippen molar-refractivity contribution in [3.05, 3.63) is 22.8 Å². The highest BCUT2D eigenvalue weighted by Gasteiger charge is 2.04. The first-order valence-corrected chi connectivity index (χ1v) is 6.68. The standard InChI is InChI=1S/C12H18Cl2N2O/c1-3-16(4-2)5-6-17-12-7-10(8-13)11(14)9-15-12/h7,9H,3-6,8H2,1-2H3. The first-order valence-electron chi connectivity index (χ1n) is 5.76. The molecule has 0 aromatic carbocycles. The van der Waals surface area contributed by atoms with Gasteiger partial charge < -0.3 is 9.64 Å². The van der Waals surface area contributed by atoms with Crippen molar-refractivity contribution in [2.45, 2.75) is 19.7 Å². The number of halogens is 2. The quantitative estimate of drug-likeness (QED) is 0.716. The molecule has 3 nitrogen and oxygen atoms in total. The number of nitrogens with zero attached hydrogens (tertiary/aromatic N) is 2. The Balaban J connectivity index is 2.46. The Bertz CT molecular complexity index is 343. The van der Waals surface area contributed by atoms with Crippen LogP contribution in [0.3, 0.4) is 0 Å². The summed E-state index contributed by atoms with van der Waals surface area (Å²) in [6.07, 6.45) is 1.58. The summed E-state index contributed by atoms with van der Waals surface area (Å²) in [5.41, 5.74) is 0.848. The fourth-order valence-electron chi connectivity index (χ4n) is 1.46. The lowest BCUT2D eigenvalue weighted by molar-refractivity contribution is 0.218. The first-order chi connectivity index (χ1) is 8.21. The average Bonchev–Trinajstić information content (AvgIpc) is 2.36. The van der Waals surface area contributed by atoms with Crippen LogP contribution in [0.2, 0.25) is 5.02 Å². The Kier molecular flexibility index (Phi) is 6.63. The summed E-state index contributed by atoms with van der Waals surface area (Å²) in [7, 11) is 0. The van der Waals surface area contributed by atoms with Crippen LogP contribution in [0.4, 0.5) is 0 Å². The van der Waals surface area contributed by atoms with Crippen molar-refractivity contribution in [1.82, 2.24) is 9.88 Å². The SMILES string of the molecule is CCN(CC)CCOc1cc(CCl)c(Cl)cn1. The topological polar surface area (TPSA) is 25.4 Å². The Morgan fingerprint density at radius 1 is 1.35 bits per heavy atom. The molecule has 1 heterocycles. The third-order valence-corrected chi connectivity index (χ3v) is 3.23. The lowest BCUT2D eigenvalue weighted by atomic mass is 10.3. The molecule has 0 aliphatic rings. The van der Waals surface area contributed by atoms with Crippen LogP contribution >= 0.6 is 23.2 Å². The van der Waals surface area contributed by atoms with E-state index >= 15 is 0 Å². The third kappa shape index (κ3) is 4.70. The Morgan fingerprint density at radius 3 is 2.65 bits per heavy atom. The van der Waals surface area contributed by atoms with Crippen LogP contribution in [0.5, 0.6) is 5.88 Å². The van der Waals surface area contributed by atoms with Crippen LogP contribution in [0.15, 0.2) is 12.3 Å². The van der Waals surface area contributed by atoms with Gasteiger partial charge in [0.25, 0.3) is 0 Å². The summed E-state index contributed by atoms with van der Waals surface area (Å²) >= 11 is 11.7. The molecule has 1 rings (SSSR count). The molecule has 0 bridgehead atoms. The van der Waals surface area contributed by atoms with Crippen molar-refractivity contribution in [1.29, 1.82) is 0 Å². The van der Waals surface area contributed by atoms with Crippen LogP contribution < -0.4 is 4.74 Å². The predicted molar refractivity (Wildman–Crippen MR) is 72.1 cm³/mol. The van der Waals surface area contributed by atoms with Crippen molar-refractivity contribution in [2.24, 2.45) is 0 Å². The van der Waals surface area contributed by atoms with Gasteiger partial charge in [-0.25, -0.2) is 4.98 Å². The van der Waals surface area contributed by atoms with Gasteiger partial charge in [0.1, 0.15) is 6.61 Å². The number of pyridine rings is 1. The summed E-state index contributed by atoms with van der Waals surface area (Å²) in [4.78, 5) is 6.39. The van der Waals surface area contributed by atoms with E-state index in [4.69, 9.17) is 27.9 Å². The molecule has 0 amide bonds. The average molecular weight is 277 g/mol. The van der Waals surface area contributed by atoms with Gasteiger partial charge in [0.05, 0.1) is 5.02 Å². The summed E-state index contributed by atoms with van der Waals surface area (Å²) in [6, 6.07) is 1.79. The van der Waals surface area contributed by atoms with Crippen LogP contribution in [0, 0.1) is 0 Å². The molecule has 0 atom stereocenters. The van der Waals surface area contributed by atoms with Crippen molar-refractivity contribution >= 4 is 23.2 Å². The molecule has 0 saturated carbocycles. The zero-order valence-electron chi connectivity index (χ0n) is 10.2. The van der Waals surface area contributed by atoms with E-state index in [9.17, 15) is 0 Å². The van der Waals surface area contributed by atoms with E-state index in [1.165, 1.54) is 0 Å². The smallest absolute Gasteiger partial charge is 0.213 e. The van der Waals surface area contributed by atoms with E-state index in [2.05, 4.69) is 23.7 Å². The molecule has 96 valence electrons. The minimum atomic E-state index is 0.369. The lowest BCUT2D eigenvalue weighted by Gasteiger charge is -2.17. The molecule has 0 unspecified atom stereocenters. The second kappa shape index (κ2) is 7.75. The molecule has 0 radical (unpaired) electrons. The maximum absolute atomic E-state index is 5.91. The van der Waals surface area contributed by atoms with Gasteiger partial charge in [0, 0.05) is 24.7 Å². The number of alkyl halides is 1. The Hall–Kier alpha value is -0.510. The predicted octanol–water partition coefficient (Wildman–Crippen LogP) is 3.19. The molecule has 1 aromatic heterocycles. The second-order valence-corrected chi connectivity index (χ2v) is 4.30. The van der Waals surface area contributed by atoms with Crippen molar-refractivity contribution in [3.8, 4) is 5.88 Å². The van der Waals surface area contributed by atoms with Crippen LogP contribution in [-0.4, -0.2) is 36.1 Å². The van der Waals surface area contributed by atoms with E-state index in [1.807, 2.05) is 0 Å². The zero-order chi connectivity index (χ0) is 12.7. The fourth-order valence-corrected chi connectivity index (χ4v) is 1.92. The normalized spacial score (nSPS) is 10.9. The molecule has 0 spiro atoms. The molecule has 0 saturated heterocycles. The Labute approximate surface area is 113 Å². The number of hydrogen-bond donors (Lipinski definition) is 0. The highest BCUT2D eigenvalue weighted by Crippen LogP contribution is 2.20. The van der Waals surface area contributed by atoms with Gasteiger partial charge in [-0.3, -0.25) is 0 Å². The van der Waals surface area contributed by atoms with Gasteiger partial charge in [-0.1, -0.05) is 25.4 Å². The van der Waals surface area contributed by atoms with E-state index in [1.54, 1.807) is 12.3 Å². The number of aromatic nitrogens is 1. The van der Waals surface area contributed by atoms with E-state index in [0.29, 0.717) is 23.4 Å². The second-order valence-electron chi connectivity index (χ2n) is 3.62. The van der Waals surface area contributed by atoms with E-state index in [0.717, 1.165) is 25.2 Å². The number of rotatable bonds is 7. The molecular weight excluding hydrogens is 259 g/mol. The van der Waals surface area contributed by atoms with Crippen LogP contribution in [0.25, 0.3) is 0 Å². The van der Waals surface area contributed by atoms with Crippen LogP contribution in [-0.2, 0) is 5.88 Å². The molecule has 5 heteroatoms. The summed E-state index contributed by atoms with van der Waals surface area (Å²) in [6.45, 7) is 7.85. The van der Waals surface area contributed by atoms with Crippen molar-refractivity contribution < 1.29 is 4.74 Å².